The third-order valence-corrected chi connectivity index (χ3v) is 7.57. The molecule has 5 nitrogen and oxygen atoms in total. The van der Waals surface area contributed by atoms with Gasteiger partial charge in [0.2, 0.25) is 0 Å². The van der Waals surface area contributed by atoms with Gasteiger partial charge >= 0.3 is 0 Å². The summed E-state index contributed by atoms with van der Waals surface area (Å²) in [5.74, 6) is 0.998. The molecule has 37 heavy (non-hydrogen) atoms. The van der Waals surface area contributed by atoms with Gasteiger partial charge < -0.3 is 9.47 Å². The quantitative estimate of drug-likeness (QED) is 0.108. The molecule has 0 fully saturated rings. The number of carbonyl (C=O) groups is 1. The van der Waals surface area contributed by atoms with Crippen molar-refractivity contribution in [3.63, 3.8) is 0 Å². The summed E-state index contributed by atoms with van der Waals surface area (Å²) in [7, 11) is 1.55. The highest BCUT2D eigenvalue weighted by Gasteiger charge is 2.14. The third kappa shape index (κ3) is 5.72. The molecule has 0 spiro atoms. The molecule has 0 unspecified atom stereocenters. The molecule has 0 radical (unpaired) electrons. The number of fused-ring (bicyclic) bond motifs is 2. The predicted molar refractivity (Wildman–Crippen MR) is 166 cm³/mol. The summed E-state index contributed by atoms with van der Waals surface area (Å²) in [6.07, 6.45) is 1.63. The number of ether oxygens (including phenoxy) is 2. The van der Waals surface area contributed by atoms with E-state index in [1.165, 1.54) is 10.8 Å². The van der Waals surface area contributed by atoms with Gasteiger partial charge in [0.1, 0.15) is 18.1 Å². The van der Waals surface area contributed by atoms with Gasteiger partial charge in [0, 0.05) is 0 Å². The normalized spacial score (nSPS) is 11.2. The second-order valence-corrected chi connectivity index (χ2v) is 10.7. The fourth-order valence-electron chi connectivity index (χ4n) is 4.15. The van der Waals surface area contributed by atoms with Gasteiger partial charge in [-0.15, -0.1) is 0 Å². The van der Waals surface area contributed by atoms with Gasteiger partial charge in [-0.1, -0.05) is 66.7 Å². The average molecular weight is 712 g/mol. The van der Waals surface area contributed by atoms with E-state index in [9.17, 15) is 4.79 Å². The molecule has 184 valence electrons. The Morgan fingerprint density at radius 2 is 1.51 bits per heavy atom. The lowest BCUT2D eigenvalue weighted by Gasteiger charge is -2.13. The van der Waals surface area contributed by atoms with Crippen LogP contribution in [-0.4, -0.2) is 19.2 Å². The number of nitrogens with zero attached hydrogens (tertiary/aromatic N) is 1. The van der Waals surface area contributed by atoms with E-state index in [-0.39, 0.29) is 5.91 Å². The summed E-state index contributed by atoms with van der Waals surface area (Å²) in [6, 6.07) is 30.0. The molecule has 0 saturated heterocycles. The molecule has 0 aliphatic rings. The molecule has 0 heterocycles. The Kier molecular flexibility index (Phi) is 7.90. The largest absolute Gasteiger partial charge is 0.496 e. The van der Waals surface area contributed by atoms with Gasteiger partial charge in [-0.3, -0.25) is 4.79 Å². The Hall–Kier alpha value is -3.18. The molecular weight excluding hydrogens is 690 g/mol. The Morgan fingerprint density at radius 3 is 2.24 bits per heavy atom. The van der Waals surface area contributed by atoms with Crippen molar-refractivity contribution in [3.8, 4) is 11.5 Å². The van der Waals surface area contributed by atoms with Crippen molar-refractivity contribution in [2.45, 2.75) is 6.61 Å². The molecular formula is C30H22I2N2O3. The van der Waals surface area contributed by atoms with E-state index < -0.39 is 0 Å². The highest BCUT2D eigenvalue weighted by molar-refractivity contribution is 14.1. The van der Waals surface area contributed by atoms with Crippen LogP contribution >= 0.6 is 45.2 Å². The average Bonchev–Trinajstić information content (AvgIpc) is 2.91. The van der Waals surface area contributed by atoms with Crippen LogP contribution in [0.1, 0.15) is 21.5 Å². The molecule has 0 saturated carbocycles. The number of amides is 1. The highest BCUT2D eigenvalue weighted by atomic mass is 127. The van der Waals surface area contributed by atoms with Gasteiger partial charge in [-0.2, -0.15) is 5.10 Å². The topological polar surface area (TPSA) is 59.9 Å². The molecule has 5 aromatic carbocycles. The first-order valence-corrected chi connectivity index (χ1v) is 13.7. The monoisotopic (exact) mass is 712 g/mol. The molecule has 7 heteroatoms. The first kappa shape index (κ1) is 25.5. The van der Waals surface area contributed by atoms with Crippen LogP contribution in [0.3, 0.4) is 0 Å². The van der Waals surface area contributed by atoms with Crippen LogP contribution in [0.4, 0.5) is 0 Å². The van der Waals surface area contributed by atoms with E-state index in [0.717, 1.165) is 34.8 Å². The van der Waals surface area contributed by atoms with Gasteiger partial charge in [0.25, 0.3) is 5.91 Å². The molecule has 5 rings (SSSR count). The van der Waals surface area contributed by atoms with E-state index in [2.05, 4.69) is 86.0 Å². The number of carbonyl (C=O) groups excluding carboxylic acids is 1. The summed E-state index contributed by atoms with van der Waals surface area (Å²) < 4.78 is 13.6. The fraction of sp³-hybridized carbons (Fsp3) is 0.0667. The van der Waals surface area contributed by atoms with E-state index in [4.69, 9.17) is 9.47 Å². The van der Waals surface area contributed by atoms with E-state index in [0.29, 0.717) is 17.9 Å². The summed E-state index contributed by atoms with van der Waals surface area (Å²) >= 11 is 4.54. The molecule has 0 aromatic heterocycles. The van der Waals surface area contributed by atoms with Gasteiger partial charge in [0.05, 0.1) is 26.0 Å². The number of halogens is 2. The zero-order valence-electron chi connectivity index (χ0n) is 19.9. The Bertz CT molecular complexity index is 1620. The molecule has 5 aromatic rings. The zero-order chi connectivity index (χ0) is 25.8. The first-order chi connectivity index (χ1) is 18.0. The van der Waals surface area contributed by atoms with Crippen LogP contribution in [0.5, 0.6) is 11.5 Å². The van der Waals surface area contributed by atoms with Crippen LogP contribution in [0.15, 0.2) is 96.1 Å². The van der Waals surface area contributed by atoms with Crippen molar-refractivity contribution in [1.82, 2.24) is 5.43 Å². The maximum atomic E-state index is 12.8. The van der Waals surface area contributed by atoms with Gasteiger partial charge in [-0.05, 0) is 102 Å². The van der Waals surface area contributed by atoms with E-state index in [1.807, 2.05) is 60.7 Å². The highest BCUT2D eigenvalue weighted by Crippen LogP contribution is 2.30. The number of hydrogen-bond donors (Lipinski definition) is 1. The summed E-state index contributed by atoms with van der Waals surface area (Å²) in [4.78, 5) is 12.8. The lowest BCUT2D eigenvalue weighted by molar-refractivity contribution is 0.0952. The van der Waals surface area contributed by atoms with E-state index >= 15 is 0 Å². The smallest absolute Gasteiger partial charge is 0.275 e. The van der Waals surface area contributed by atoms with Crippen molar-refractivity contribution in [2.24, 2.45) is 5.10 Å². The van der Waals surface area contributed by atoms with Crippen molar-refractivity contribution >= 4 is 78.8 Å². The molecule has 0 aliphatic heterocycles. The van der Waals surface area contributed by atoms with Crippen LogP contribution < -0.4 is 14.9 Å². The third-order valence-electron chi connectivity index (χ3n) is 5.96. The number of rotatable bonds is 7. The number of methoxy groups -OCH3 is 1. The maximum absolute atomic E-state index is 12.8. The minimum absolute atomic E-state index is 0.335. The number of benzene rings is 5. The molecule has 0 atom stereocenters. The SMILES string of the molecule is COc1cc2ccccc2cc1C(=O)N/N=C\c1cc(I)c(OCc2cccc3ccccc23)c(I)c1. The minimum Gasteiger partial charge on any atom is -0.496 e. The van der Waals surface area contributed by atoms with Crippen molar-refractivity contribution in [1.29, 1.82) is 0 Å². The Balaban J connectivity index is 1.29. The van der Waals surface area contributed by atoms with E-state index in [1.54, 1.807) is 13.3 Å². The van der Waals surface area contributed by atoms with Crippen molar-refractivity contribution in [3.05, 3.63) is 115 Å². The molecule has 1 N–H and O–H groups in total. The predicted octanol–water partition coefficient (Wildman–Crippen LogP) is 7.55. The van der Waals surface area contributed by atoms with Crippen LogP contribution in [0.2, 0.25) is 0 Å². The lowest BCUT2D eigenvalue weighted by atomic mass is 10.1. The molecule has 0 aliphatic carbocycles. The van der Waals surface area contributed by atoms with Crippen LogP contribution in [-0.2, 0) is 6.61 Å². The molecule has 1 amide bonds. The Morgan fingerprint density at radius 1 is 0.865 bits per heavy atom. The maximum Gasteiger partial charge on any atom is 0.275 e. The van der Waals surface area contributed by atoms with Crippen molar-refractivity contribution in [2.75, 3.05) is 7.11 Å². The number of hydrazone groups is 1. The van der Waals surface area contributed by atoms with Crippen LogP contribution in [0, 0.1) is 7.14 Å². The second kappa shape index (κ2) is 11.5. The molecule has 0 bridgehead atoms. The second-order valence-electron chi connectivity index (χ2n) is 8.34. The summed E-state index contributed by atoms with van der Waals surface area (Å²) in [5, 5.41) is 8.54. The zero-order valence-corrected chi connectivity index (χ0v) is 24.2. The van der Waals surface area contributed by atoms with Gasteiger partial charge in [-0.25, -0.2) is 5.43 Å². The number of nitrogens with one attached hydrogen (secondary N) is 1. The lowest BCUT2D eigenvalue weighted by Crippen LogP contribution is -2.18. The standard InChI is InChI=1S/C30H22I2N2O3/c1-36-28-16-22-9-3-2-8-21(22)15-25(28)30(35)34-33-17-19-13-26(31)29(27(32)14-19)37-18-23-11-6-10-20-7-4-5-12-24(20)23/h2-17H,18H2,1H3,(H,34,35)/b33-17-. The number of hydrogen-bond acceptors (Lipinski definition) is 4. The minimum atomic E-state index is -0.335. The Labute approximate surface area is 242 Å². The van der Waals surface area contributed by atoms with Crippen molar-refractivity contribution < 1.29 is 14.3 Å². The summed E-state index contributed by atoms with van der Waals surface area (Å²) in [6.45, 7) is 0.477. The van der Waals surface area contributed by atoms with Gasteiger partial charge in [0.15, 0.2) is 0 Å². The summed E-state index contributed by atoms with van der Waals surface area (Å²) in [5.41, 5.74) is 5.05. The van der Waals surface area contributed by atoms with Crippen LogP contribution in [0.25, 0.3) is 21.5 Å². The fourth-order valence-corrected chi connectivity index (χ4v) is 6.28. The first-order valence-electron chi connectivity index (χ1n) is 11.5.